The molecular formula is C14H9Br2IN2O2. The van der Waals surface area contributed by atoms with Gasteiger partial charge in [-0.2, -0.15) is 5.10 Å². The lowest BCUT2D eigenvalue weighted by Crippen LogP contribution is -2.17. The number of benzene rings is 2. The summed E-state index contributed by atoms with van der Waals surface area (Å²) in [6, 6.07) is 10.4. The molecule has 21 heavy (non-hydrogen) atoms. The van der Waals surface area contributed by atoms with Gasteiger partial charge in [0.15, 0.2) is 0 Å². The molecule has 1 amide bonds. The van der Waals surface area contributed by atoms with Crippen molar-refractivity contribution in [2.45, 2.75) is 0 Å². The number of amides is 1. The van der Waals surface area contributed by atoms with Gasteiger partial charge < -0.3 is 5.11 Å². The molecule has 2 aromatic carbocycles. The molecule has 2 aromatic rings. The number of hydrogen-bond donors (Lipinski definition) is 2. The van der Waals surface area contributed by atoms with Gasteiger partial charge in [-0.05, 0) is 59.0 Å². The molecular weight excluding hydrogens is 515 g/mol. The number of phenols is 1. The summed E-state index contributed by atoms with van der Waals surface area (Å²) >= 11 is 8.67. The second-order valence-electron chi connectivity index (χ2n) is 4.03. The molecule has 0 aliphatic carbocycles. The molecule has 0 heterocycles. The van der Waals surface area contributed by atoms with E-state index in [2.05, 4.69) is 42.4 Å². The number of carbonyl (C=O) groups excluding carboxylic acids is 1. The van der Waals surface area contributed by atoms with Crippen LogP contribution in [0.1, 0.15) is 15.9 Å². The molecule has 0 atom stereocenters. The van der Waals surface area contributed by atoms with E-state index in [0.717, 1.165) is 8.95 Å². The normalized spacial score (nSPS) is 10.8. The highest BCUT2D eigenvalue weighted by Crippen LogP contribution is 2.27. The third-order valence-corrected chi connectivity index (χ3v) is 4.34. The van der Waals surface area contributed by atoms with Crippen molar-refractivity contribution in [3.05, 3.63) is 60.0 Å². The molecule has 0 aromatic heterocycles. The van der Waals surface area contributed by atoms with Crippen LogP contribution < -0.4 is 5.43 Å². The lowest BCUT2D eigenvalue weighted by molar-refractivity contribution is 0.0955. The maximum Gasteiger partial charge on any atom is 0.271 e. The summed E-state index contributed by atoms with van der Waals surface area (Å²) in [5.74, 6) is -0.191. The molecule has 2 N–H and O–H groups in total. The van der Waals surface area contributed by atoms with E-state index >= 15 is 0 Å². The third-order valence-electron chi connectivity index (χ3n) is 2.53. The highest BCUT2D eigenvalue weighted by molar-refractivity contribution is 14.1. The van der Waals surface area contributed by atoms with Gasteiger partial charge in [0.2, 0.25) is 0 Å². The second kappa shape index (κ2) is 7.37. The Morgan fingerprint density at radius 1 is 1.19 bits per heavy atom. The Balaban J connectivity index is 2.09. The third kappa shape index (κ3) is 4.52. The molecule has 0 fully saturated rings. The number of halogens is 3. The number of phenolic OH excluding ortho intramolecular Hbond substituents is 1. The Morgan fingerprint density at radius 2 is 1.86 bits per heavy atom. The topological polar surface area (TPSA) is 61.7 Å². The minimum atomic E-state index is -0.317. The monoisotopic (exact) mass is 522 g/mol. The smallest absolute Gasteiger partial charge is 0.271 e. The van der Waals surface area contributed by atoms with Crippen LogP contribution in [-0.2, 0) is 0 Å². The number of hydrazone groups is 1. The standard InChI is InChI=1S/C14H9Br2IN2O2/c15-10-3-1-8(2-4-10)14(21)19-18-7-9-5-11(16)6-12(17)13(9)20/h1-7,20H,(H,19,21). The van der Waals surface area contributed by atoms with Crippen LogP contribution in [0, 0.1) is 3.57 Å². The average Bonchev–Trinajstić information content (AvgIpc) is 2.44. The lowest BCUT2D eigenvalue weighted by Gasteiger charge is -2.03. The van der Waals surface area contributed by atoms with Crippen LogP contribution in [0.15, 0.2) is 50.4 Å². The maximum absolute atomic E-state index is 11.9. The van der Waals surface area contributed by atoms with E-state index in [-0.39, 0.29) is 11.7 Å². The van der Waals surface area contributed by atoms with E-state index < -0.39 is 0 Å². The summed E-state index contributed by atoms with van der Waals surface area (Å²) in [6.45, 7) is 0. The number of nitrogens with zero attached hydrogens (tertiary/aromatic N) is 1. The van der Waals surface area contributed by atoms with Gasteiger partial charge in [-0.25, -0.2) is 5.43 Å². The van der Waals surface area contributed by atoms with Crippen molar-refractivity contribution in [1.82, 2.24) is 5.43 Å². The van der Waals surface area contributed by atoms with Crippen LogP contribution in [0.2, 0.25) is 0 Å². The van der Waals surface area contributed by atoms with Crippen molar-refractivity contribution in [3.8, 4) is 5.75 Å². The van der Waals surface area contributed by atoms with Crippen LogP contribution in [0.25, 0.3) is 0 Å². The number of carbonyl (C=O) groups is 1. The van der Waals surface area contributed by atoms with Crippen LogP contribution in [-0.4, -0.2) is 17.2 Å². The van der Waals surface area contributed by atoms with E-state index in [1.54, 1.807) is 36.4 Å². The quantitative estimate of drug-likeness (QED) is 0.358. The maximum atomic E-state index is 11.9. The summed E-state index contributed by atoms with van der Waals surface area (Å²) in [6.07, 6.45) is 1.40. The van der Waals surface area contributed by atoms with Gasteiger partial charge in [-0.15, -0.1) is 0 Å². The number of nitrogens with one attached hydrogen (secondary N) is 1. The lowest BCUT2D eigenvalue weighted by atomic mass is 10.2. The Bertz CT molecular complexity index is 703. The molecule has 0 bridgehead atoms. The van der Waals surface area contributed by atoms with Gasteiger partial charge in [0, 0.05) is 20.1 Å². The highest BCUT2D eigenvalue weighted by Gasteiger charge is 2.06. The molecule has 0 unspecified atom stereocenters. The molecule has 0 saturated carbocycles. The van der Waals surface area contributed by atoms with Crippen molar-refractivity contribution in [2.75, 3.05) is 0 Å². The van der Waals surface area contributed by atoms with Crippen molar-refractivity contribution in [1.29, 1.82) is 0 Å². The van der Waals surface area contributed by atoms with Crippen molar-refractivity contribution < 1.29 is 9.90 Å². The molecule has 0 spiro atoms. The van der Waals surface area contributed by atoms with Crippen LogP contribution >= 0.6 is 54.5 Å². The van der Waals surface area contributed by atoms with Gasteiger partial charge in [0.05, 0.1) is 9.78 Å². The molecule has 0 aliphatic rings. The molecule has 2 rings (SSSR count). The van der Waals surface area contributed by atoms with Gasteiger partial charge in [0.1, 0.15) is 5.75 Å². The van der Waals surface area contributed by atoms with Crippen LogP contribution in [0.3, 0.4) is 0 Å². The van der Waals surface area contributed by atoms with Crippen molar-refractivity contribution in [2.24, 2.45) is 5.10 Å². The van der Waals surface area contributed by atoms with Crippen LogP contribution in [0.5, 0.6) is 5.75 Å². The molecule has 0 aliphatic heterocycles. The van der Waals surface area contributed by atoms with Gasteiger partial charge in [-0.3, -0.25) is 4.79 Å². The Morgan fingerprint density at radius 3 is 2.52 bits per heavy atom. The summed E-state index contributed by atoms with van der Waals surface area (Å²) < 4.78 is 2.42. The van der Waals surface area contributed by atoms with Crippen molar-refractivity contribution >= 4 is 66.6 Å². The average molecular weight is 524 g/mol. The summed E-state index contributed by atoms with van der Waals surface area (Å²) in [5, 5.41) is 13.8. The van der Waals surface area contributed by atoms with E-state index in [4.69, 9.17) is 0 Å². The Labute approximate surface area is 152 Å². The molecule has 4 nitrogen and oxygen atoms in total. The zero-order valence-corrected chi connectivity index (χ0v) is 15.8. The van der Waals surface area contributed by atoms with Gasteiger partial charge >= 0.3 is 0 Å². The first-order chi connectivity index (χ1) is 9.97. The van der Waals surface area contributed by atoms with E-state index in [9.17, 15) is 9.90 Å². The molecule has 108 valence electrons. The predicted molar refractivity (Wildman–Crippen MR) is 97.7 cm³/mol. The first-order valence-corrected chi connectivity index (χ1v) is 8.41. The number of rotatable bonds is 3. The second-order valence-corrected chi connectivity index (χ2v) is 7.03. The fourth-order valence-electron chi connectivity index (χ4n) is 1.51. The fourth-order valence-corrected chi connectivity index (χ4v) is 3.33. The fraction of sp³-hybridized carbons (Fsp3) is 0. The first-order valence-electron chi connectivity index (χ1n) is 5.74. The van der Waals surface area contributed by atoms with E-state index in [1.807, 2.05) is 22.6 Å². The van der Waals surface area contributed by atoms with Crippen LogP contribution in [0.4, 0.5) is 0 Å². The summed E-state index contributed by atoms with van der Waals surface area (Å²) in [4.78, 5) is 11.9. The Kier molecular flexibility index (Phi) is 5.77. The molecule has 0 radical (unpaired) electrons. The van der Waals surface area contributed by atoms with E-state index in [0.29, 0.717) is 14.7 Å². The molecule has 0 saturated heterocycles. The first kappa shape index (κ1) is 16.4. The van der Waals surface area contributed by atoms with Gasteiger partial charge in [-0.1, -0.05) is 31.9 Å². The Hall–Kier alpha value is -0.930. The zero-order valence-electron chi connectivity index (χ0n) is 10.5. The number of aromatic hydroxyl groups is 1. The van der Waals surface area contributed by atoms with E-state index in [1.165, 1.54) is 6.21 Å². The zero-order chi connectivity index (χ0) is 15.4. The minimum absolute atomic E-state index is 0.125. The minimum Gasteiger partial charge on any atom is -0.506 e. The summed E-state index contributed by atoms with van der Waals surface area (Å²) in [5.41, 5.74) is 3.44. The number of hydrogen-bond acceptors (Lipinski definition) is 3. The largest absolute Gasteiger partial charge is 0.506 e. The summed E-state index contributed by atoms with van der Waals surface area (Å²) in [7, 11) is 0. The van der Waals surface area contributed by atoms with Crippen molar-refractivity contribution in [3.63, 3.8) is 0 Å². The predicted octanol–water partition coefficient (Wildman–Crippen LogP) is 4.29. The van der Waals surface area contributed by atoms with Gasteiger partial charge in [0.25, 0.3) is 5.91 Å². The highest BCUT2D eigenvalue weighted by atomic mass is 127. The SMILES string of the molecule is O=C(NN=Cc1cc(Br)cc(I)c1O)c1ccc(Br)cc1. The molecule has 7 heteroatoms.